The van der Waals surface area contributed by atoms with E-state index in [4.69, 9.17) is 5.11 Å². The van der Waals surface area contributed by atoms with Crippen LogP contribution in [0.1, 0.15) is 20.8 Å². The van der Waals surface area contributed by atoms with E-state index in [2.05, 4.69) is 17.9 Å². The molecule has 0 aromatic carbocycles. The highest BCUT2D eigenvalue weighted by molar-refractivity contribution is 5.84. The molecule has 0 aliphatic carbocycles. The lowest BCUT2D eigenvalue weighted by atomic mass is 10.4. The van der Waals surface area contributed by atoms with Gasteiger partial charge >= 0.3 is 11.9 Å². The maximum absolute atomic E-state index is 9.84. The molecule has 0 aliphatic heterocycles. The molecule has 0 saturated carbocycles. The Morgan fingerprint density at radius 1 is 1.25 bits per heavy atom. The quantitative estimate of drug-likeness (QED) is 0.448. The van der Waals surface area contributed by atoms with Gasteiger partial charge in [-0.05, 0) is 20.8 Å². The minimum atomic E-state index is -0.935. The number of carboxylic acids is 1. The van der Waals surface area contributed by atoms with E-state index in [0.717, 1.165) is 6.08 Å². The zero-order valence-electron chi connectivity index (χ0n) is 10.3. The first-order valence-corrected chi connectivity index (χ1v) is 4.53. The van der Waals surface area contributed by atoms with Crippen molar-refractivity contribution in [3.63, 3.8) is 0 Å². The fourth-order valence-corrected chi connectivity index (χ4v) is 0.0833. The first-order valence-electron chi connectivity index (χ1n) is 4.53. The molecule has 16 heavy (non-hydrogen) atoms. The minimum absolute atomic E-state index is 0.176. The monoisotopic (exact) mass is 228 g/mol. The van der Waals surface area contributed by atoms with Gasteiger partial charge in [0.1, 0.15) is 0 Å². The first-order chi connectivity index (χ1) is 7.37. The van der Waals surface area contributed by atoms with Crippen molar-refractivity contribution in [2.24, 2.45) is 0 Å². The second-order valence-electron chi connectivity index (χ2n) is 2.48. The highest BCUT2D eigenvalue weighted by Crippen LogP contribution is 1.81. The summed E-state index contributed by atoms with van der Waals surface area (Å²) in [5.41, 5.74) is 0.176. The number of allylic oxidation sites excluding steroid dienone is 2. The number of carbonyl (C=O) groups excluding carboxylic acids is 1. The van der Waals surface area contributed by atoms with Gasteiger partial charge in [-0.2, -0.15) is 0 Å². The third kappa shape index (κ3) is 29.5. The molecular formula is C12H20O4. The average Bonchev–Trinajstić information content (AvgIpc) is 2.28. The van der Waals surface area contributed by atoms with Crippen molar-refractivity contribution in [1.82, 2.24) is 0 Å². The van der Waals surface area contributed by atoms with Gasteiger partial charge in [-0.3, -0.25) is 0 Å². The van der Waals surface area contributed by atoms with Gasteiger partial charge < -0.3 is 9.84 Å². The zero-order valence-corrected chi connectivity index (χ0v) is 10.3. The average molecular weight is 228 g/mol. The number of carboxylic acid groups (broad SMARTS) is 1. The fraction of sp³-hybridized carbons (Fsp3) is 0.333. The highest BCUT2D eigenvalue weighted by Gasteiger charge is 1.90. The van der Waals surface area contributed by atoms with E-state index >= 15 is 0 Å². The number of methoxy groups -OCH3 is 1. The fourth-order valence-electron chi connectivity index (χ4n) is 0.0833. The van der Waals surface area contributed by atoms with Crippen molar-refractivity contribution in [3.8, 4) is 0 Å². The third-order valence-corrected chi connectivity index (χ3v) is 1.07. The normalized spacial score (nSPS) is 7.75. The molecule has 0 bridgehead atoms. The number of hydrogen-bond acceptors (Lipinski definition) is 3. The molecule has 0 spiro atoms. The van der Waals surface area contributed by atoms with Crippen molar-refractivity contribution < 1.29 is 19.4 Å². The summed E-state index contributed by atoms with van der Waals surface area (Å²) >= 11 is 0. The zero-order chi connectivity index (χ0) is 13.6. The molecule has 0 unspecified atom stereocenters. The minimum Gasteiger partial charge on any atom is -0.478 e. The van der Waals surface area contributed by atoms with E-state index < -0.39 is 11.9 Å². The lowest BCUT2D eigenvalue weighted by Gasteiger charge is -1.83. The molecule has 0 heterocycles. The molecule has 0 rings (SSSR count). The van der Waals surface area contributed by atoms with Crippen LogP contribution in [-0.4, -0.2) is 24.2 Å². The van der Waals surface area contributed by atoms with Crippen LogP contribution in [0.25, 0.3) is 0 Å². The van der Waals surface area contributed by atoms with Crippen molar-refractivity contribution in [2.45, 2.75) is 20.8 Å². The second kappa shape index (κ2) is 15.6. The molecule has 0 saturated heterocycles. The van der Waals surface area contributed by atoms with Gasteiger partial charge in [0.25, 0.3) is 0 Å². The van der Waals surface area contributed by atoms with Gasteiger partial charge in [0.15, 0.2) is 0 Å². The first kappa shape index (κ1) is 19.7. The SMILES string of the molecule is C=C(C)C(=O)O.C=CC(=O)OC.CC=CC. The van der Waals surface area contributed by atoms with Crippen LogP contribution in [-0.2, 0) is 14.3 Å². The van der Waals surface area contributed by atoms with Gasteiger partial charge in [-0.25, -0.2) is 9.59 Å². The number of ether oxygens (including phenoxy) is 1. The van der Waals surface area contributed by atoms with E-state index in [9.17, 15) is 9.59 Å². The van der Waals surface area contributed by atoms with Crippen LogP contribution < -0.4 is 0 Å². The predicted octanol–water partition coefficient (Wildman–Crippen LogP) is 2.57. The number of esters is 1. The Labute approximate surface area is 96.9 Å². The molecule has 0 aromatic rings. The molecule has 92 valence electrons. The van der Waals surface area contributed by atoms with E-state index in [1.165, 1.54) is 14.0 Å². The summed E-state index contributed by atoms with van der Waals surface area (Å²) < 4.78 is 4.14. The summed E-state index contributed by atoms with van der Waals surface area (Å²) in [6.45, 7) is 11.8. The maximum Gasteiger partial charge on any atom is 0.330 e. The van der Waals surface area contributed by atoms with Crippen molar-refractivity contribution in [1.29, 1.82) is 0 Å². The third-order valence-electron chi connectivity index (χ3n) is 1.07. The summed E-state index contributed by atoms with van der Waals surface area (Å²) in [4.78, 5) is 19.4. The van der Waals surface area contributed by atoms with Crippen LogP contribution in [0.4, 0.5) is 0 Å². The Kier molecular flexibility index (Phi) is 19.2. The summed E-state index contributed by atoms with van der Waals surface area (Å²) in [7, 11) is 1.31. The van der Waals surface area contributed by atoms with Gasteiger partial charge in [0.05, 0.1) is 7.11 Å². The summed E-state index contributed by atoms with van der Waals surface area (Å²) in [5.74, 6) is -1.33. The lowest BCUT2D eigenvalue weighted by Crippen LogP contribution is -1.92. The number of aliphatic carboxylic acids is 1. The molecule has 0 aliphatic rings. The largest absolute Gasteiger partial charge is 0.478 e. The van der Waals surface area contributed by atoms with Crippen LogP contribution in [0.5, 0.6) is 0 Å². The van der Waals surface area contributed by atoms with E-state index in [1.807, 2.05) is 26.0 Å². The topological polar surface area (TPSA) is 63.6 Å². The van der Waals surface area contributed by atoms with E-state index in [0.29, 0.717) is 0 Å². The molecule has 0 amide bonds. The van der Waals surface area contributed by atoms with Crippen LogP contribution in [0.15, 0.2) is 37.0 Å². The Morgan fingerprint density at radius 2 is 1.56 bits per heavy atom. The van der Waals surface area contributed by atoms with Gasteiger partial charge in [0, 0.05) is 11.6 Å². The molecule has 0 fully saturated rings. The molecule has 4 nitrogen and oxygen atoms in total. The van der Waals surface area contributed by atoms with Crippen LogP contribution in [0.2, 0.25) is 0 Å². The predicted molar refractivity (Wildman–Crippen MR) is 65.2 cm³/mol. The van der Waals surface area contributed by atoms with Gasteiger partial charge in [-0.15, -0.1) is 0 Å². The lowest BCUT2D eigenvalue weighted by molar-refractivity contribution is -0.135. The van der Waals surface area contributed by atoms with Crippen molar-refractivity contribution >= 4 is 11.9 Å². The number of hydrogen-bond donors (Lipinski definition) is 1. The molecule has 1 N–H and O–H groups in total. The number of rotatable bonds is 2. The van der Waals surface area contributed by atoms with Crippen molar-refractivity contribution in [2.75, 3.05) is 7.11 Å². The standard InChI is InChI=1S/2C4H6O2.C4H8/c1-3-4(5)6-2;1-3(2)4(5)6;1-3-4-2/h3H,1H2,2H3;1H2,2H3,(H,5,6);3-4H,1-2H3. The molecule has 0 radical (unpaired) electrons. The summed E-state index contributed by atoms with van der Waals surface area (Å²) in [6, 6.07) is 0. The summed E-state index contributed by atoms with van der Waals surface area (Å²) in [6.07, 6.45) is 5.11. The van der Waals surface area contributed by atoms with E-state index in [1.54, 1.807) is 0 Å². The Morgan fingerprint density at radius 3 is 1.56 bits per heavy atom. The van der Waals surface area contributed by atoms with Crippen LogP contribution in [0, 0.1) is 0 Å². The van der Waals surface area contributed by atoms with Gasteiger partial charge in [0.2, 0.25) is 0 Å². The molecule has 0 aromatic heterocycles. The van der Waals surface area contributed by atoms with E-state index in [-0.39, 0.29) is 5.57 Å². The Balaban J connectivity index is -0.000000162. The molecule has 4 heteroatoms. The smallest absolute Gasteiger partial charge is 0.330 e. The van der Waals surface area contributed by atoms with Crippen LogP contribution >= 0.6 is 0 Å². The Hall–Kier alpha value is -1.84. The number of carbonyl (C=O) groups is 2. The highest BCUT2D eigenvalue weighted by atomic mass is 16.5. The Bertz CT molecular complexity index is 233. The molecular weight excluding hydrogens is 208 g/mol. The van der Waals surface area contributed by atoms with Crippen LogP contribution in [0.3, 0.4) is 0 Å². The summed E-state index contributed by atoms with van der Waals surface area (Å²) in [5, 5.41) is 7.89. The second-order valence-corrected chi connectivity index (χ2v) is 2.48. The maximum atomic E-state index is 9.84. The van der Waals surface area contributed by atoms with Crippen molar-refractivity contribution in [3.05, 3.63) is 37.0 Å². The molecule has 0 atom stereocenters. The van der Waals surface area contributed by atoms with Gasteiger partial charge in [-0.1, -0.05) is 25.3 Å².